The third-order valence-corrected chi connectivity index (χ3v) is 3.68. The lowest BCUT2D eigenvalue weighted by atomic mass is 10.1. The normalized spacial score (nSPS) is 11.8. The minimum atomic E-state index is -4.64. The van der Waals surface area contributed by atoms with Crippen molar-refractivity contribution in [3.63, 3.8) is 0 Å². The second-order valence-corrected chi connectivity index (χ2v) is 7.12. The first-order chi connectivity index (χ1) is 13.0. The highest BCUT2D eigenvalue weighted by atomic mass is 31.2. The predicted octanol–water partition coefficient (Wildman–Crippen LogP) is 1.45. The van der Waals surface area contributed by atoms with Gasteiger partial charge in [-0.2, -0.15) is 10.1 Å². The molecule has 3 aromatic heterocycles. The van der Waals surface area contributed by atoms with Gasteiger partial charge in [-0.05, 0) is 32.0 Å². The van der Waals surface area contributed by atoms with E-state index < -0.39 is 7.82 Å². The quantitative estimate of drug-likeness (QED) is 0.301. The summed E-state index contributed by atoms with van der Waals surface area (Å²) in [7, 11) is -4.64. The minimum Gasteiger partial charge on any atom is -0.424 e. The molecule has 0 saturated heterocycles. The molecule has 0 radical (unpaired) electrons. The second-order valence-electron chi connectivity index (χ2n) is 6.09. The van der Waals surface area contributed by atoms with Crippen LogP contribution in [0.5, 0.6) is 0 Å². The van der Waals surface area contributed by atoms with E-state index >= 15 is 0 Å². The van der Waals surface area contributed by atoms with Crippen LogP contribution in [0.2, 0.25) is 0 Å². The molecule has 4 rings (SSSR count). The smallest absolute Gasteiger partial charge is 0.424 e. The van der Waals surface area contributed by atoms with Gasteiger partial charge in [-0.1, -0.05) is 0 Å². The van der Waals surface area contributed by atoms with Crippen LogP contribution in [0.3, 0.4) is 0 Å². The molecule has 28 heavy (non-hydrogen) atoms. The maximum Gasteiger partial charge on any atom is 0.466 e. The molecular formula is C15H18N7O5P. The van der Waals surface area contributed by atoms with Crippen LogP contribution >= 0.6 is 7.82 Å². The molecule has 0 amide bonds. The number of anilines is 2. The number of fused-ring (bicyclic) bond motifs is 2. The molecule has 0 spiro atoms. The monoisotopic (exact) mass is 407 g/mol. The van der Waals surface area contributed by atoms with Gasteiger partial charge in [0, 0.05) is 11.6 Å². The van der Waals surface area contributed by atoms with E-state index in [1.165, 1.54) is 6.33 Å². The number of hydrogen-bond donors (Lipinski definition) is 5. The lowest BCUT2D eigenvalue weighted by Gasteiger charge is -2.05. The summed E-state index contributed by atoms with van der Waals surface area (Å²) in [5.41, 5.74) is 15.2. The molecule has 0 aliphatic rings. The SMILES string of the molecule is CC(C)n1nc(-c2ccc3oc(N)nc3c2)c2c(N)ncnc21.O=P(O)(O)O. The molecule has 0 bridgehead atoms. The molecule has 0 aliphatic heterocycles. The molecule has 148 valence electrons. The van der Waals surface area contributed by atoms with Gasteiger partial charge in [0.1, 0.15) is 23.4 Å². The Hall–Kier alpha value is -3.05. The van der Waals surface area contributed by atoms with Gasteiger partial charge < -0.3 is 30.6 Å². The van der Waals surface area contributed by atoms with E-state index in [4.69, 9.17) is 35.1 Å². The molecule has 12 nitrogen and oxygen atoms in total. The summed E-state index contributed by atoms with van der Waals surface area (Å²) in [4.78, 5) is 34.1. The van der Waals surface area contributed by atoms with E-state index in [9.17, 15) is 0 Å². The fraction of sp³-hybridized carbons (Fsp3) is 0.200. The molecule has 0 unspecified atom stereocenters. The van der Waals surface area contributed by atoms with Crippen molar-refractivity contribution in [2.24, 2.45) is 0 Å². The van der Waals surface area contributed by atoms with Crippen LogP contribution in [-0.4, -0.2) is 39.4 Å². The van der Waals surface area contributed by atoms with E-state index in [1.54, 1.807) is 0 Å². The first-order valence-electron chi connectivity index (χ1n) is 7.98. The second kappa shape index (κ2) is 7.17. The van der Waals surface area contributed by atoms with Crippen LogP contribution in [0.25, 0.3) is 33.4 Å². The number of nitrogens with zero attached hydrogens (tertiary/aromatic N) is 5. The number of aromatic nitrogens is 5. The topological polar surface area (TPSA) is 199 Å². The van der Waals surface area contributed by atoms with E-state index in [-0.39, 0.29) is 12.1 Å². The highest BCUT2D eigenvalue weighted by molar-refractivity contribution is 7.45. The number of nitrogen functional groups attached to an aromatic ring is 2. The molecule has 0 saturated carbocycles. The van der Waals surface area contributed by atoms with E-state index in [0.717, 1.165) is 16.6 Å². The Morgan fingerprint density at radius 1 is 1.18 bits per heavy atom. The van der Waals surface area contributed by atoms with Crippen molar-refractivity contribution in [2.75, 3.05) is 11.5 Å². The van der Waals surface area contributed by atoms with Gasteiger partial charge in [-0.25, -0.2) is 19.2 Å². The van der Waals surface area contributed by atoms with Crippen molar-refractivity contribution in [1.82, 2.24) is 24.7 Å². The first-order valence-corrected chi connectivity index (χ1v) is 9.54. The number of oxazole rings is 1. The maximum absolute atomic E-state index is 8.88. The average molecular weight is 407 g/mol. The van der Waals surface area contributed by atoms with Crippen molar-refractivity contribution >= 4 is 41.8 Å². The summed E-state index contributed by atoms with van der Waals surface area (Å²) in [5, 5.41) is 5.41. The van der Waals surface area contributed by atoms with Gasteiger partial charge in [0.15, 0.2) is 11.2 Å². The van der Waals surface area contributed by atoms with E-state index in [0.29, 0.717) is 22.6 Å². The zero-order valence-electron chi connectivity index (χ0n) is 14.9. The average Bonchev–Trinajstić information content (AvgIpc) is 3.13. The van der Waals surface area contributed by atoms with E-state index in [2.05, 4.69) is 20.1 Å². The number of phosphoric acid groups is 1. The standard InChI is InChI=1S/C15H15N7O.H3O4P/c1-7(2)22-14-11(13(16)18-6-19-14)12(21-22)8-3-4-10-9(5-8)20-15(17)23-10;1-5(2,3)4/h3-7H,1-2H3,(H2,17,20)(H2,16,18,19);(H3,1,2,3,4). The van der Waals surface area contributed by atoms with Crippen molar-refractivity contribution < 1.29 is 23.7 Å². The van der Waals surface area contributed by atoms with Gasteiger partial charge in [-0.3, -0.25) is 0 Å². The largest absolute Gasteiger partial charge is 0.466 e. The van der Waals surface area contributed by atoms with Crippen LogP contribution in [-0.2, 0) is 4.57 Å². The van der Waals surface area contributed by atoms with Crippen LogP contribution in [0, 0.1) is 0 Å². The fourth-order valence-corrected chi connectivity index (χ4v) is 2.65. The Morgan fingerprint density at radius 2 is 1.86 bits per heavy atom. The molecule has 0 fully saturated rings. The molecule has 4 aromatic rings. The summed E-state index contributed by atoms with van der Waals surface area (Å²) < 4.78 is 16.0. The molecular weight excluding hydrogens is 389 g/mol. The zero-order valence-corrected chi connectivity index (χ0v) is 15.8. The van der Waals surface area contributed by atoms with Crippen molar-refractivity contribution in [2.45, 2.75) is 19.9 Å². The Kier molecular flexibility index (Phi) is 5.04. The zero-order chi connectivity index (χ0) is 20.6. The van der Waals surface area contributed by atoms with Crippen molar-refractivity contribution in [3.05, 3.63) is 24.5 Å². The van der Waals surface area contributed by atoms with E-state index in [1.807, 2.05) is 36.7 Å². The van der Waals surface area contributed by atoms with Crippen LogP contribution in [0.1, 0.15) is 19.9 Å². The number of rotatable bonds is 2. The Balaban J connectivity index is 0.000000403. The third kappa shape index (κ3) is 4.10. The summed E-state index contributed by atoms with van der Waals surface area (Å²) >= 11 is 0. The predicted molar refractivity (Wildman–Crippen MR) is 102 cm³/mol. The third-order valence-electron chi connectivity index (χ3n) is 3.68. The first kappa shape index (κ1) is 19.7. The molecule has 0 aliphatic carbocycles. The number of benzene rings is 1. The van der Waals surface area contributed by atoms with Gasteiger partial charge >= 0.3 is 7.82 Å². The van der Waals surface area contributed by atoms with Crippen molar-refractivity contribution in [1.29, 1.82) is 0 Å². The van der Waals surface area contributed by atoms with Gasteiger partial charge in [0.05, 0.1) is 5.39 Å². The molecule has 0 atom stereocenters. The van der Waals surface area contributed by atoms with Crippen LogP contribution < -0.4 is 11.5 Å². The van der Waals surface area contributed by atoms with Gasteiger partial charge in [-0.15, -0.1) is 0 Å². The molecule has 13 heteroatoms. The minimum absolute atomic E-state index is 0.137. The lowest BCUT2D eigenvalue weighted by Crippen LogP contribution is -2.04. The molecule has 7 N–H and O–H groups in total. The molecule has 3 heterocycles. The summed E-state index contributed by atoms with van der Waals surface area (Å²) in [5.74, 6) is 0.400. The summed E-state index contributed by atoms with van der Waals surface area (Å²) in [6.07, 6.45) is 1.45. The highest BCUT2D eigenvalue weighted by Gasteiger charge is 2.19. The summed E-state index contributed by atoms with van der Waals surface area (Å²) in [6, 6.07) is 5.86. The highest BCUT2D eigenvalue weighted by Crippen LogP contribution is 2.33. The Labute approximate surface area is 158 Å². The Bertz CT molecular complexity index is 1190. The number of nitrogens with two attached hydrogens (primary N) is 2. The van der Waals surface area contributed by atoms with Crippen molar-refractivity contribution in [3.8, 4) is 11.3 Å². The van der Waals surface area contributed by atoms with Crippen LogP contribution in [0.15, 0.2) is 28.9 Å². The van der Waals surface area contributed by atoms with Gasteiger partial charge in [0.25, 0.3) is 6.01 Å². The number of hydrogen-bond acceptors (Lipinski definition) is 8. The summed E-state index contributed by atoms with van der Waals surface area (Å²) in [6.45, 7) is 4.08. The van der Waals surface area contributed by atoms with Crippen LogP contribution in [0.4, 0.5) is 11.8 Å². The Morgan fingerprint density at radius 3 is 2.50 bits per heavy atom. The lowest BCUT2D eigenvalue weighted by molar-refractivity contribution is 0.275. The van der Waals surface area contributed by atoms with Gasteiger partial charge in [0.2, 0.25) is 0 Å². The fourth-order valence-electron chi connectivity index (χ4n) is 2.65. The maximum atomic E-state index is 8.88. The molecule has 1 aromatic carbocycles.